The molecule has 0 saturated heterocycles. The summed E-state index contributed by atoms with van der Waals surface area (Å²) < 4.78 is 7.71. The highest BCUT2D eigenvalue weighted by atomic mass is 32.1. The second-order valence-corrected chi connectivity index (χ2v) is 9.32. The Hall–Kier alpha value is -3.04. The minimum atomic E-state index is -0.569. The summed E-state index contributed by atoms with van der Waals surface area (Å²) in [4.78, 5) is 35.7. The molecule has 2 amide bonds. The van der Waals surface area contributed by atoms with Crippen molar-refractivity contribution in [2.24, 2.45) is 0 Å². The fourth-order valence-electron chi connectivity index (χ4n) is 3.31. The highest BCUT2D eigenvalue weighted by Crippen LogP contribution is 2.29. The third-order valence-corrected chi connectivity index (χ3v) is 5.51. The lowest BCUT2D eigenvalue weighted by atomic mass is 10.1. The van der Waals surface area contributed by atoms with Gasteiger partial charge in [0.1, 0.15) is 11.3 Å². The van der Waals surface area contributed by atoms with Gasteiger partial charge in [-0.1, -0.05) is 0 Å². The molecular formula is C23H29N5O3S. The molecule has 0 saturated carbocycles. The van der Waals surface area contributed by atoms with Crippen LogP contribution in [0.5, 0.6) is 0 Å². The Labute approximate surface area is 192 Å². The number of aromatic nitrogens is 3. The van der Waals surface area contributed by atoms with Crippen molar-refractivity contribution in [1.29, 1.82) is 0 Å². The van der Waals surface area contributed by atoms with Crippen molar-refractivity contribution in [2.45, 2.75) is 45.9 Å². The Morgan fingerprint density at radius 2 is 1.94 bits per heavy atom. The Balaban J connectivity index is 1.86. The first-order valence-electron chi connectivity index (χ1n) is 10.3. The van der Waals surface area contributed by atoms with Gasteiger partial charge in [-0.05, 0) is 51.5 Å². The molecule has 0 bridgehead atoms. The number of carbonyl (C=O) groups is 2. The van der Waals surface area contributed by atoms with Crippen LogP contribution >= 0.6 is 11.3 Å². The zero-order chi connectivity index (χ0) is 23.5. The summed E-state index contributed by atoms with van der Waals surface area (Å²) in [5.41, 5.74) is 1.97. The molecule has 0 aliphatic carbocycles. The van der Waals surface area contributed by atoms with Gasteiger partial charge >= 0.3 is 0 Å². The number of pyridine rings is 1. The van der Waals surface area contributed by atoms with Gasteiger partial charge in [0.15, 0.2) is 5.13 Å². The molecule has 1 N–H and O–H groups in total. The van der Waals surface area contributed by atoms with Crippen molar-refractivity contribution >= 4 is 28.3 Å². The van der Waals surface area contributed by atoms with Crippen LogP contribution in [0.2, 0.25) is 0 Å². The van der Waals surface area contributed by atoms with Crippen LogP contribution in [0, 0.1) is 0 Å². The van der Waals surface area contributed by atoms with E-state index in [9.17, 15) is 9.59 Å². The second kappa shape index (κ2) is 9.62. The van der Waals surface area contributed by atoms with Crippen LogP contribution in [0.4, 0.5) is 5.13 Å². The first kappa shape index (κ1) is 23.6. The third-order valence-electron chi connectivity index (χ3n) is 4.76. The van der Waals surface area contributed by atoms with Crippen LogP contribution in [-0.2, 0) is 16.9 Å². The second-order valence-electron chi connectivity index (χ2n) is 8.47. The van der Waals surface area contributed by atoms with Crippen LogP contribution in [0.1, 0.15) is 59.8 Å². The van der Waals surface area contributed by atoms with Crippen LogP contribution in [-0.4, -0.2) is 51.4 Å². The highest BCUT2D eigenvalue weighted by molar-refractivity contribution is 7.14. The van der Waals surface area contributed by atoms with E-state index < -0.39 is 5.60 Å². The lowest BCUT2D eigenvalue weighted by Gasteiger charge is -2.25. The monoisotopic (exact) mass is 455 g/mol. The summed E-state index contributed by atoms with van der Waals surface area (Å²) in [6.07, 6.45) is 5.14. The van der Waals surface area contributed by atoms with Crippen molar-refractivity contribution in [3.05, 3.63) is 64.7 Å². The Morgan fingerprint density at radius 3 is 2.56 bits per heavy atom. The van der Waals surface area contributed by atoms with Gasteiger partial charge in [-0.15, -0.1) is 11.3 Å². The van der Waals surface area contributed by atoms with E-state index in [2.05, 4.69) is 15.3 Å². The molecule has 0 aliphatic rings. The van der Waals surface area contributed by atoms with Crippen molar-refractivity contribution in [2.75, 3.05) is 19.4 Å². The molecule has 3 aromatic rings. The van der Waals surface area contributed by atoms with Crippen molar-refractivity contribution in [1.82, 2.24) is 19.4 Å². The first-order chi connectivity index (χ1) is 15.1. The van der Waals surface area contributed by atoms with Gasteiger partial charge in [0.05, 0.1) is 17.4 Å². The molecule has 8 nitrogen and oxygen atoms in total. The SMILES string of the molecule is CC(C)OC(C)(C)c1csc(NC(=O)c2cc(C(=O)N(C)C)cn2Cc2ccncc2)n1. The number of ether oxygens (including phenoxy) is 1. The maximum Gasteiger partial charge on any atom is 0.274 e. The summed E-state index contributed by atoms with van der Waals surface area (Å²) in [5, 5.41) is 5.23. The van der Waals surface area contributed by atoms with Gasteiger partial charge in [-0.3, -0.25) is 19.9 Å². The highest BCUT2D eigenvalue weighted by Gasteiger charge is 2.27. The average molecular weight is 456 g/mol. The number of amides is 2. The molecule has 0 atom stereocenters. The van der Waals surface area contributed by atoms with Gasteiger partial charge in [0, 0.05) is 44.6 Å². The van der Waals surface area contributed by atoms with E-state index in [4.69, 9.17) is 4.74 Å². The van der Waals surface area contributed by atoms with Gasteiger partial charge in [0.25, 0.3) is 11.8 Å². The molecule has 0 spiro atoms. The quantitative estimate of drug-likeness (QED) is 0.555. The predicted molar refractivity (Wildman–Crippen MR) is 125 cm³/mol. The molecule has 3 heterocycles. The van der Waals surface area contributed by atoms with E-state index in [1.165, 1.54) is 16.2 Å². The largest absolute Gasteiger partial charge is 0.367 e. The van der Waals surface area contributed by atoms with Crippen molar-refractivity contribution < 1.29 is 14.3 Å². The molecule has 0 aliphatic heterocycles. The maximum absolute atomic E-state index is 13.1. The van der Waals surface area contributed by atoms with Crippen LogP contribution in [0.3, 0.4) is 0 Å². The van der Waals surface area contributed by atoms with Crippen LogP contribution in [0.15, 0.2) is 42.2 Å². The summed E-state index contributed by atoms with van der Waals surface area (Å²) in [6, 6.07) is 5.36. The smallest absolute Gasteiger partial charge is 0.274 e. The molecule has 170 valence electrons. The molecule has 32 heavy (non-hydrogen) atoms. The summed E-state index contributed by atoms with van der Waals surface area (Å²) in [7, 11) is 3.36. The molecule has 9 heteroatoms. The van der Waals surface area contributed by atoms with E-state index in [0.717, 1.165) is 11.3 Å². The number of nitrogens with zero attached hydrogens (tertiary/aromatic N) is 4. The number of hydrogen-bond donors (Lipinski definition) is 1. The Kier molecular flexibility index (Phi) is 7.10. The molecule has 3 aromatic heterocycles. The lowest BCUT2D eigenvalue weighted by Crippen LogP contribution is -2.26. The third kappa shape index (κ3) is 5.60. The minimum absolute atomic E-state index is 0.0499. The number of nitrogens with one attached hydrogen (secondary N) is 1. The van der Waals surface area contributed by atoms with E-state index in [1.54, 1.807) is 43.3 Å². The van der Waals surface area contributed by atoms with Gasteiger partial charge in [0.2, 0.25) is 0 Å². The molecule has 0 aromatic carbocycles. The summed E-state index contributed by atoms with van der Waals surface area (Å²) in [5.74, 6) is -0.503. The number of carbonyl (C=O) groups excluding carboxylic acids is 2. The van der Waals surface area contributed by atoms with Gasteiger partial charge < -0.3 is 14.2 Å². The zero-order valence-electron chi connectivity index (χ0n) is 19.2. The van der Waals surface area contributed by atoms with E-state index in [-0.39, 0.29) is 17.9 Å². The Bertz CT molecular complexity index is 1090. The maximum atomic E-state index is 13.1. The molecular weight excluding hydrogens is 426 g/mol. The van der Waals surface area contributed by atoms with Crippen LogP contribution < -0.4 is 5.32 Å². The van der Waals surface area contributed by atoms with Gasteiger partial charge in [-0.2, -0.15) is 0 Å². The van der Waals surface area contributed by atoms with Crippen LogP contribution in [0.25, 0.3) is 0 Å². The normalized spacial score (nSPS) is 11.6. The number of rotatable bonds is 8. The minimum Gasteiger partial charge on any atom is -0.367 e. The topological polar surface area (TPSA) is 89.4 Å². The number of hydrogen-bond acceptors (Lipinski definition) is 6. The van der Waals surface area contributed by atoms with Crippen molar-refractivity contribution in [3.63, 3.8) is 0 Å². The zero-order valence-corrected chi connectivity index (χ0v) is 20.1. The summed E-state index contributed by atoms with van der Waals surface area (Å²) in [6.45, 7) is 8.28. The fraction of sp³-hybridized carbons (Fsp3) is 0.391. The number of thiazole rings is 1. The van der Waals surface area contributed by atoms with E-state index >= 15 is 0 Å². The first-order valence-corrected chi connectivity index (χ1v) is 11.2. The van der Waals surface area contributed by atoms with Crippen molar-refractivity contribution in [3.8, 4) is 0 Å². The fourth-order valence-corrected chi connectivity index (χ4v) is 4.17. The summed E-state index contributed by atoms with van der Waals surface area (Å²) >= 11 is 1.34. The average Bonchev–Trinajstić information content (AvgIpc) is 3.35. The predicted octanol–water partition coefficient (Wildman–Crippen LogP) is 4.00. The molecule has 0 radical (unpaired) electrons. The Morgan fingerprint density at radius 1 is 1.25 bits per heavy atom. The van der Waals surface area contributed by atoms with E-state index in [0.29, 0.717) is 22.9 Å². The van der Waals surface area contributed by atoms with Gasteiger partial charge in [-0.25, -0.2) is 4.98 Å². The molecule has 0 fully saturated rings. The van der Waals surface area contributed by atoms with E-state index in [1.807, 2.05) is 45.2 Å². The molecule has 3 rings (SSSR count). The number of anilines is 1. The molecule has 0 unspecified atom stereocenters. The standard InChI is InChI=1S/C23H29N5O3S/c1-15(2)31-23(3,4)19-14-32-22(25-19)26-20(29)18-11-17(21(30)27(5)6)13-28(18)12-16-7-9-24-10-8-16/h7-11,13-15H,12H2,1-6H3,(H,25,26,29). The lowest BCUT2D eigenvalue weighted by molar-refractivity contribution is -0.0623.